The maximum atomic E-state index is 12.5. The molecule has 0 saturated heterocycles. The molecule has 6 nitrogen and oxygen atoms in total. The fourth-order valence-corrected chi connectivity index (χ4v) is 3.20. The summed E-state index contributed by atoms with van der Waals surface area (Å²) >= 11 is 0. The highest BCUT2D eigenvalue weighted by atomic mass is 32.2. The molecular weight excluding hydrogens is 326 g/mol. The number of carbonyl (C=O) groups is 1. The van der Waals surface area contributed by atoms with Crippen LogP contribution >= 0.6 is 0 Å². The van der Waals surface area contributed by atoms with Gasteiger partial charge in [-0.2, -0.15) is 9.57 Å². The summed E-state index contributed by atoms with van der Waals surface area (Å²) in [6.07, 6.45) is 0. The van der Waals surface area contributed by atoms with E-state index >= 15 is 0 Å². The number of nitriles is 1. The largest absolute Gasteiger partial charge is 0.325 e. The molecule has 0 saturated carbocycles. The van der Waals surface area contributed by atoms with E-state index in [2.05, 4.69) is 5.32 Å². The van der Waals surface area contributed by atoms with Crippen LogP contribution in [-0.2, 0) is 14.8 Å². The van der Waals surface area contributed by atoms with Gasteiger partial charge in [0.15, 0.2) is 0 Å². The Morgan fingerprint density at radius 3 is 2.50 bits per heavy atom. The molecule has 0 atom stereocenters. The van der Waals surface area contributed by atoms with Gasteiger partial charge in [0.1, 0.15) is 0 Å². The average Bonchev–Trinajstić information content (AvgIpc) is 2.56. The predicted octanol–water partition coefficient (Wildman–Crippen LogP) is 2.13. The molecule has 24 heavy (non-hydrogen) atoms. The Kier molecular flexibility index (Phi) is 5.34. The van der Waals surface area contributed by atoms with Crippen molar-refractivity contribution in [3.05, 3.63) is 59.7 Å². The number of likely N-dealkylation sites (N-methyl/N-ethyl adjacent to an activating group) is 1. The van der Waals surface area contributed by atoms with E-state index in [-0.39, 0.29) is 17.0 Å². The molecule has 0 fully saturated rings. The summed E-state index contributed by atoms with van der Waals surface area (Å²) in [6.45, 7) is 1.61. The number of benzene rings is 2. The number of hydrogen-bond donors (Lipinski definition) is 1. The summed E-state index contributed by atoms with van der Waals surface area (Å²) < 4.78 is 25.9. The molecule has 0 aliphatic carbocycles. The maximum Gasteiger partial charge on any atom is 0.243 e. The smallest absolute Gasteiger partial charge is 0.243 e. The van der Waals surface area contributed by atoms with E-state index in [4.69, 9.17) is 5.26 Å². The second-order valence-electron chi connectivity index (χ2n) is 5.31. The van der Waals surface area contributed by atoms with Gasteiger partial charge in [-0.15, -0.1) is 0 Å². The number of sulfonamides is 1. The fraction of sp³-hybridized carbons (Fsp3) is 0.176. The van der Waals surface area contributed by atoms with Gasteiger partial charge in [0, 0.05) is 12.7 Å². The van der Waals surface area contributed by atoms with E-state index in [1.165, 1.54) is 31.3 Å². The van der Waals surface area contributed by atoms with Crippen LogP contribution in [0.15, 0.2) is 53.4 Å². The van der Waals surface area contributed by atoms with Crippen LogP contribution in [0.5, 0.6) is 0 Å². The Balaban J connectivity index is 2.09. The quantitative estimate of drug-likeness (QED) is 0.900. The van der Waals surface area contributed by atoms with Crippen molar-refractivity contribution in [3.8, 4) is 6.07 Å². The Bertz CT molecular complexity index is 884. The van der Waals surface area contributed by atoms with Gasteiger partial charge in [-0.1, -0.05) is 23.8 Å². The maximum absolute atomic E-state index is 12.5. The second kappa shape index (κ2) is 7.25. The Morgan fingerprint density at radius 1 is 1.21 bits per heavy atom. The Morgan fingerprint density at radius 2 is 1.88 bits per heavy atom. The molecule has 1 amide bonds. The summed E-state index contributed by atoms with van der Waals surface area (Å²) in [4.78, 5) is 12.0. The van der Waals surface area contributed by atoms with Gasteiger partial charge in [0.2, 0.25) is 15.9 Å². The number of carbonyl (C=O) groups excluding carboxylic acids is 1. The molecule has 124 valence electrons. The molecular formula is C17H17N3O3S. The third-order valence-corrected chi connectivity index (χ3v) is 5.17. The number of aryl methyl sites for hydroxylation is 1. The van der Waals surface area contributed by atoms with Gasteiger partial charge in [0.25, 0.3) is 0 Å². The van der Waals surface area contributed by atoms with Gasteiger partial charge in [-0.3, -0.25) is 4.79 Å². The third kappa shape index (κ3) is 4.19. The monoisotopic (exact) mass is 343 g/mol. The molecule has 0 bridgehead atoms. The van der Waals surface area contributed by atoms with Crippen molar-refractivity contribution in [2.45, 2.75) is 11.8 Å². The molecule has 7 heteroatoms. The normalized spacial score (nSPS) is 11.1. The lowest BCUT2D eigenvalue weighted by atomic mass is 10.2. The van der Waals surface area contributed by atoms with Crippen LogP contribution in [-0.4, -0.2) is 32.2 Å². The lowest BCUT2D eigenvalue weighted by molar-refractivity contribution is -0.116. The van der Waals surface area contributed by atoms with E-state index in [0.29, 0.717) is 5.69 Å². The molecule has 0 aromatic heterocycles. The number of nitrogens with one attached hydrogen (secondary N) is 1. The minimum absolute atomic E-state index is 0.0211. The number of hydrogen-bond acceptors (Lipinski definition) is 4. The fourth-order valence-electron chi connectivity index (χ4n) is 2.03. The van der Waals surface area contributed by atoms with E-state index in [1.54, 1.807) is 12.1 Å². The van der Waals surface area contributed by atoms with Gasteiger partial charge < -0.3 is 5.32 Å². The van der Waals surface area contributed by atoms with Crippen molar-refractivity contribution in [3.63, 3.8) is 0 Å². The van der Waals surface area contributed by atoms with Gasteiger partial charge in [0.05, 0.1) is 23.1 Å². The van der Waals surface area contributed by atoms with Gasteiger partial charge >= 0.3 is 0 Å². The van der Waals surface area contributed by atoms with Crippen molar-refractivity contribution in [1.29, 1.82) is 5.26 Å². The molecule has 0 aliphatic rings. The third-order valence-electron chi connectivity index (χ3n) is 3.37. The zero-order chi connectivity index (χ0) is 17.7. The topological polar surface area (TPSA) is 90.3 Å². The van der Waals surface area contributed by atoms with Crippen molar-refractivity contribution in [1.82, 2.24) is 4.31 Å². The van der Waals surface area contributed by atoms with E-state index in [1.807, 2.05) is 25.1 Å². The number of anilines is 1. The highest BCUT2D eigenvalue weighted by Crippen LogP contribution is 2.16. The Hall–Kier alpha value is -2.69. The molecule has 2 aromatic rings. The minimum atomic E-state index is -3.84. The van der Waals surface area contributed by atoms with Gasteiger partial charge in [-0.25, -0.2) is 8.42 Å². The molecule has 0 radical (unpaired) electrons. The minimum Gasteiger partial charge on any atom is -0.325 e. The summed E-state index contributed by atoms with van der Waals surface area (Å²) in [6, 6.07) is 14.8. The first-order chi connectivity index (χ1) is 11.3. The van der Waals surface area contributed by atoms with Crippen LogP contribution in [0.1, 0.15) is 11.1 Å². The second-order valence-corrected chi connectivity index (χ2v) is 7.36. The highest BCUT2D eigenvalue weighted by Gasteiger charge is 2.23. The van der Waals surface area contributed by atoms with E-state index < -0.39 is 15.9 Å². The predicted molar refractivity (Wildman–Crippen MR) is 90.8 cm³/mol. The lowest BCUT2D eigenvalue weighted by Crippen LogP contribution is -2.35. The summed E-state index contributed by atoms with van der Waals surface area (Å²) in [5.41, 5.74) is 1.90. The standard InChI is InChI=1S/C17H17N3O3S/c1-13-6-8-15(9-7-13)19-17(21)12-20(2)24(22,23)16-5-3-4-14(10-16)11-18/h3-10H,12H2,1-2H3,(H,19,21). The molecule has 0 spiro atoms. The van der Waals surface area contributed by atoms with Crippen LogP contribution in [0.4, 0.5) is 5.69 Å². The zero-order valence-corrected chi connectivity index (χ0v) is 14.2. The summed E-state index contributed by atoms with van der Waals surface area (Å²) in [5, 5.41) is 11.5. The molecule has 0 unspecified atom stereocenters. The number of amides is 1. The first-order valence-corrected chi connectivity index (χ1v) is 8.60. The highest BCUT2D eigenvalue weighted by molar-refractivity contribution is 7.89. The van der Waals surface area contributed by atoms with Crippen molar-refractivity contribution >= 4 is 21.6 Å². The van der Waals surface area contributed by atoms with Crippen LogP contribution < -0.4 is 5.32 Å². The zero-order valence-electron chi connectivity index (χ0n) is 13.4. The molecule has 2 rings (SSSR count). The summed E-state index contributed by atoms with van der Waals surface area (Å²) in [7, 11) is -2.52. The molecule has 0 aliphatic heterocycles. The first kappa shape index (κ1) is 17.7. The van der Waals surface area contributed by atoms with Crippen LogP contribution in [0.3, 0.4) is 0 Å². The van der Waals surface area contributed by atoms with Crippen LogP contribution in [0.2, 0.25) is 0 Å². The van der Waals surface area contributed by atoms with Crippen molar-refractivity contribution < 1.29 is 13.2 Å². The summed E-state index contributed by atoms with van der Waals surface area (Å²) in [5.74, 6) is -0.443. The van der Waals surface area contributed by atoms with Crippen LogP contribution in [0, 0.1) is 18.3 Å². The van der Waals surface area contributed by atoms with Crippen molar-refractivity contribution in [2.24, 2.45) is 0 Å². The Labute approximate surface area is 141 Å². The van der Waals surface area contributed by atoms with Gasteiger partial charge in [-0.05, 0) is 37.3 Å². The van der Waals surface area contributed by atoms with E-state index in [9.17, 15) is 13.2 Å². The van der Waals surface area contributed by atoms with Crippen LogP contribution in [0.25, 0.3) is 0 Å². The number of nitrogens with zero attached hydrogens (tertiary/aromatic N) is 2. The van der Waals surface area contributed by atoms with E-state index in [0.717, 1.165) is 9.87 Å². The molecule has 1 N–H and O–H groups in total. The van der Waals surface area contributed by atoms with Crippen molar-refractivity contribution in [2.75, 3.05) is 18.9 Å². The molecule has 2 aromatic carbocycles. The lowest BCUT2D eigenvalue weighted by Gasteiger charge is -2.17. The number of rotatable bonds is 5. The molecule has 0 heterocycles. The SMILES string of the molecule is Cc1ccc(NC(=O)CN(C)S(=O)(=O)c2cccc(C#N)c2)cc1. The first-order valence-electron chi connectivity index (χ1n) is 7.16. The average molecular weight is 343 g/mol.